The zero-order valence-corrected chi connectivity index (χ0v) is 10.5. The fraction of sp³-hybridized carbons (Fsp3) is 0.308. The quantitative estimate of drug-likeness (QED) is 0.772. The Balaban J connectivity index is 2.07. The first-order chi connectivity index (χ1) is 9.16. The largest absolute Gasteiger partial charge is 0.341 e. The second kappa shape index (κ2) is 4.38. The van der Waals surface area contributed by atoms with Gasteiger partial charge in [-0.25, -0.2) is 4.79 Å². The van der Waals surface area contributed by atoms with Crippen molar-refractivity contribution in [2.45, 2.75) is 12.5 Å². The van der Waals surface area contributed by atoms with Gasteiger partial charge in [0.25, 0.3) is 5.91 Å². The molecule has 98 valence electrons. The van der Waals surface area contributed by atoms with Crippen molar-refractivity contribution < 1.29 is 9.59 Å². The van der Waals surface area contributed by atoms with Crippen LogP contribution in [0.4, 0.5) is 4.79 Å². The lowest BCUT2D eigenvalue weighted by Crippen LogP contribution is -2.50. The number of carbonyl (C=O) groups excluding carboxylic acids is 2. The molecule has 2 aliphatic rings. The van der Waals surface area contributed by atoms with Crippen LogP contribution in [-0.4, -0.2) is 35.4 Å². The summed E-state index contributed by atoms with van der Waals surface area (Å²) in [7, 11) is 1.77. The molecule has 6 nitrogen and oxygen atoms in total. The first-order valence-electron chi connectivity index (χ1n) is 6.13. The van der Waals surface area contributed by atoms with Crippen molar-refractivity contribution >= 4 is 11.9 Å². The molecule has 19 heavy (non-hydrogen) atoms. The summed E-state index contributed by atoms with van der Waals surface area (Å²) in [6.07, 6.45) is 4.00. The summed E-state index contributed by atoms with van der Waals surface area (Å²) in [6, 6.07) is 2.95. The van der Waals surface area contributed by atoms with Gasteiger partial charge in [0.2, 0.25) is 0 Å². The average molecular weight is 258 g/mol. The van der Waals surface area contributed by atoms with Crippen molar-refractivity contribution in [3.8, 4) is 0 Å². The Labute approximate surface area is 110 Å². The molecule has 0 fully saturated rings. The van der Waals surface area contributed by atoms with Gasteiger partial charge in [-0.2, -0.15) is 0 Å². The molecule has 0 spiro atoms. The molecule has 1 aromatic heterocycles. The number of pyridine rings is 1. The Bertz CT molecular complexity index is 567. The Morgan fingerprint density at radius 1 is 1.42 bits per heavy atom. The van der Waals surface area contributed by atoms with Gasteiger partial charge in [0.05, 0.1) is 11.6 Å². The number of likely N-dealkylation sites (N-methyl/N-ethyl adjacent to an activating group) is 1. The van der Waals surface area contributed by atoms with Gasteiger partial charge in [0.15, 0.2) is 0 Å². The van der Waals surface area contributed by atoms with Gasteiger partial charge in [-0.3, -0.25) is 9.78 Å². The predicted molar refractivity (Wildman–Crippen MR) is 67.9 cm³/mol. The van der Waals surface area contributed by atoms with Gasteiger partial charge < -0.3 is 15.5 Å². The highest BCUT2D eigenvalue weighted by Crippen LogP contribution is 2.31. The zero-order chi connectivity index (χ0) is 13.4. The average Bonchev–Trinajstić information content (AvgIpc) is 2.43. The third-order valence-electron chi connectivity index (χ3n) is 3.45. The Morgan fingerprint density at radius 3 is 3.00 bits per heavy atom. The Kier molecular flexibility index (Phi) is 2.70. The van der Waals surface area contributed by atoms with Crippen molar-refractivity contribution in [2.75, 3.05) is 13.6 Å². The van der Waals surface area contributed by atoms with Crippen molar-refractivity contribution in [3.05, 3.63) is 41.4 Å². The highest BCUT2D eigenvalue weighted by molar-refractivity contribution is 5.99. The molecule has 0 aliphatic carbocycles. The van der Waals surface area contributed by atoms with E-state index in [1.807, 2.05) is 6.07 Å². The van der Waals surface area contributed by atoms with Crippen molar-refractivity contribution in [1.29, 1.82) is 0 Å². The van der Waals surface area contributed by atoms with Crippen LogP contribution in [0.15, 0.2) is 35.8 Å². The number of nitrogens with zero attached hydrogens (tertiary/aromatic N) is 2. The lowest BCUT2D eigenvalue weighted by Gasteiger charge is -2.35. The van der Waals surface area contributed by atoms with Crippen LogP contribution >= 0.6 is 0 Å². The third kappa shape index (κ3) is 1.95. The van der Waals surface area contributed by atoms with Gasteiger partial charge >= 0.3 is 6.03 Å². The zero-order valence-electron chi connectivity index (χ0n) is 10.5. The fourth-order valence-electron chi connectivity index (χ4n) is 2.45. The summed E-state index contributed by atoms with van der Waals surface area (Å²) in [4.78, 5) is 29.7. The first kappa shape index (κ1) is 11.7. The molecule has 6 heteroatoms. The van der Waals surface area contributed by atoms with Crippen molar-refractivity contribution in [3.63, 3.8) is 0 Å². The second-order valence-corrected chi connectivity index (χ2v) is 4.69. The van der Waals surface area contributed by atoms with Crippen LogP contribution in [0, 0.1) is 0 Å². The highest BCUT2D eigenvalue weighted by atomic mass is 16.2. The molecule has 1 atom stereocenters. The van der Waals surface area contributed by atoms with E-state index in [0.717, 1.165) is 11.3 Å². The predicted octanol–water partition coefficient (Wildman–Crippen LogP) is 0.552. The number of aromatic nitrogens is 1. The SMILES string of the molecule is CN1CCC2=C(C1=O)C(c1cccnc1)NC(=O)N2. The first-order valence-corrected chi connectivity index (χ1v) is 6.13. The van der Waals surface area contributed by atoms with Crippen LogP contribution in [0.1, 0.15) is 18.0 Å². The van der Waals surface area contributed by atoms with E-state index in [2.05, 4.69) is 15.6 Å². The normalized spacial score (nSPS) is 22.8. The molecule has 0 bridgehead atoms. The molecule has 3 amide bonds. The minimum atomic E-state index is -0.423. The molecule has 2 aliphatic heterocycles. The maximum atomic E-state index is 12.3. The summed E-state index contributed by atoms with van der Waals surface area (Å²) in [5.41, 5.74) is 2.15. The Morgan fingerprint density at radius 2 is 2.26 bits per heavy atom. The Hall–Kier alpha value is -2.37. The van der Waals surface area contributed by atoms with Crippen LogP contribution in [0.2, 0.25) is 0 Å². The second-order valence-electron chi connectivity index (χ2n) is 4.69. The number of amides is 3. The van der Waals surface area contributed by atoms with E-state index in [9.17, 15) is 9.59 Å². The maximum absolute atomic E-state index is 12.3. The van der Waals surface area contributed by atoms with Gasteiger partial charge in [-0.05, 0) is 11.6 Å². The summed E-state index contributed by atoms with van der Waals surface area (Å²) in [6.45, 7) is 0.623. The van der Waals surface area contributed by atoms with Crippen LogP contribution in [0.5, 0.6) is 0 Å². The molecule has 1 unspecified atom stereocenters. The maximum Gasteiger partial charge on any atom is 0.319 e. The number of hydrogen-bond donors (Lipinski definition) is 2. The third-order valence-corrected chi connectivity index (χ3v) is 3.45. The minimum Gasteiger partial charge on any atom is -0.341 e. The lowest BCUT2D eigenvalue weighted by atomic mass is 9.92. The molecule has 2 N–H and O–H groups in total. The van der Waals surface area contributed by atoms with E-state index in [4.69, 9.17) is 0 Å². The summed E-state index contributed by atoms with van der Waals surface area (Å²) >= 11 is 0. The van der Waals surface area contributed by atoms with Crippen LogP contribution in [0.3, 0.4) is 0 Å². The summed E-state index contributed by atoms with van der Waals surface area (Å²) in [5.74, 6) is -0.0531. The van der Waals surface area contributed by atoms with Crippen molar-refractivity contribution in [1.82, 2.24) is 20.5 Å². The van der Waals surface area contributed by atoms with Gasteiger partial charge in [-0.15, -0.1) is 0 Å². The molecule has 1 aromatic rings. The van der Waals surface area contributed by atoms with E-state index in [-0.39, 0.29) is 11.9 Å². The highest BCUT2D eigenvalue weighted by Gasteiger charge is 2.36. The number of urea groups is 1. The lowest BCUT2D eigenvalue weighted by molar-refractivity contribution is -0.127. The van der Waals surface area contributed by atoms with E-state index in [1.165, 1.54) is 0 Å². The number of hydrogen-bond acceptors (Lipinski definition) is 3. The summed E-state index contributed by atoms with van der Waals surface area (Å²) < 4.78 is 0. The van der Waals surface area contributed by atoms with Crippen LogP contribution < -0.4 is 10.6 Å². The monoisotopic (exact) mass is 258 g/mol. The van der Waals surface area contributed by atoms with Crippen molar-refractivity contribution in [2.24, 2.45) is 0 Å². The van der Waals surface area contributed by atoms with Crippen LogP contribution in [-0.2, 0) is 4.79 Å². The fourth-order valence-corrected chi connectivity index (χ4v) is 2.45. The van der Waals surface area contributed by atoms with E-state index in [0.29, 0.717) is 18.5 Å². The molecule has 0 saturated heterocycles. The number of nitrogens with one attached hydrogen (secondary N) is 2. The van der Waals surface area contributed by atoms with E-state index >= 15 is 0 Å². The minimum absolute atomic E-state index is 0.0531. The molecule has 3 rings (SSSR count). The molecule has 0 radical (unpaired) electrons. The molecule has 3 heterocycles. The van der Waals surface area contributed by atoms with Crippen LogP contribution in [0.25, 0.3) is 0 Å². The van der Waals surface area contributed by atoms with E-state index < -0.39 is 6.04 Å². The topological polar surface area (TPSA) is 74.3 Å². The van der Waals surface area contributed by atoms with Gasteiger partial charge in [0.1, 0.15) is 0 Å². The standard InChI is InChI=1S/C13H14N4O2/c1-17-6-4-9-10(12(17)18)11(16-13(19)15-9)8-3-2-5-14-7-8/h2-3,5,7,11H,4,6H2,1H3,(H2,15,16,19). The number of carbonyl (C=O) groups is 2. The van der Waals surface area contributed by atoms with Gasteiger partial charge in [-0.1, -0.05) is 6.07 Å². The number of rotatable bonds is 1. The molecular formula is C13H14N4O2. The molecular weight excluding hydrogens is 244 g/mol. The van der Waals surface area contributed by atoms with Gasteiger partial charge in [0, 0.05) is 38.1 Å². The van der Waals surface area contributed by atoms with E-state index in [1.54, 1.807) is 30.4 Å². The smallest absolute Gasteiger partial charge is 0.319 e. The molecule has 0 saturated carbocycles. The molecule has 0 aromatic carbocycles. The summed E-state index contributed by atoms with van der Waals surface area (Å²) in [5, 5.41) is 5.52.